The fourth-order valence-electron chi connectivity index (χ4n) is 2.73. The summed E-state index contributed by atoms with van der Waals surface area (Å²) in [6, 6.07) is 22.7. The average Bonchev–Trinajstić information content (AvgIpc) is 2.52. The number of benzene rings is 3. The number of nitrogens with one attached hydrogen (secondary N) is 1. The van der Waals surface area contributed by atoms with Crippen LogP contribution in [0.5, 0.6) is 5.75 Å². The number of likely N-dealkylation sites (N-methyl/N-ethyl adjacent to an activating group) is 1. The Morgan fingerprint density at radius 3 is 2.48 bits per heavy atom. The van der Waals surface area contributed by atoms with Crippen LogP contribution in [0.25, 0.3) is 10.8 Å². The maximum atomic E-state index is 9.59. The summed E-state index contributed by atoms with van der Waals surface area (Å²) in [6.45, 7) is 0. The quantitative estimate of drug-likeness (QED) is 0.754. The molecule has 0 fully saturated rings. The molecule has 0 bridgehead atoms. The Hall–Kier alpha value is -2.32. The zero-order valence-electron chi connectivity index (χ0n) is 12.1. The summed E-state index contributed by atoms with van der Waals surface area (Å²) in [5.74, 6) is 0.320. The minimum Gasteiger partial charge on any atom is -0.508 e. The molecule has 0 aliphatic carbocycles. The third-order valence-electron chi connectivity index (χ3n) is 3.87. The largest absolute Gasteiger partial charge is 0.508 e. The van der Waals surface area contributed by atoms with E-state index in [0.29, 0.717) is 5.75 Å². The number of phenolic OH excluding ortho intramolecular Hbond substituents is 1. The molecule has 0 saturated heterocycles. The van der Waals surface area contributed by atoms with Crippen molar-refractivity contribution in [3.63, 3.8) is 0 Å². The van der Waals surface area contributed by atoms with Crippen LogP contribution in [0.4, 0.5) is 0 Å². The number of phenols is 1. The topological polar surface area (TPSA) is 32.3 Å². The number of rotatable bonds is 4. The standard InChI is InChI=1S/C19H19NO/c1-20-19(12-14-5-4-8-18(21)11-14)17-10-9-15-6-2-3-7-16(15)13-17/h2-11,13,19-21H,12H2,1H3. The lowest BCUT2D eigenvalue weighted by Crippen LogP contribution is -2.18. The van der Waals surface area contributed by atoms with Crippen LogP contribution in [-0.4, -0.2) is 12.2 Å². The molecule has 2 heteroatoms. The number of hydrogen-bond donors (Lipinski definition) is 2. The van der Waals surface area contributed by atoms with Crippen molar-refractivity contribution in [2.75, 3.05) is 7.05 Å². The lowest BCUT2D eigenvalue weighted by Gasteiger charge is -2.17. The van der Waals surface area contributed by atoms with Crippen LogP contribution in [0.2, 0.25) is 0 Å². The molecule has 0 saturated carbocycles. The summed E-state index contributed by atoms with van der Waals surface area (Å²) in [5.41, 5.74) is 2.39. The molecule has 0 amide bonds. The van der Waals surface area contributed by atoms with Crippen molar-refractivity contribution >= 4 is 10.8 Å². The smallest absolute Gasteiger partial charge is 0.115 e. The Bertz CT molecular complexity index is 751. The van der Waals surface area contributed by atoms with Crippen molar-refractivity contribution in [3.05, 3.63) is 77.9 Å². The summed E-state index contributed by atoms with van der Waals surface area (Å²) < 4.78 is 0. The van der Waals surface area contributed by atoms with Gasteiger partial charge in [0.15, 0.2) is 0 Å². The van der Waals surface area contributed by atoms with Crippen molar-refractivity contribution in [2.45, 2.75) is 12.5 Å². The Labute approximate surface area is 125 Å². The molecule has 21 heavy (non-hydrogen) atoms. The van der Waals surface area contributed by atoms with E-state index in [2.05, 4.69) is 47.8 Å². The lowest BCUT2D eigenvalue weighted by molar-refractivity contribution is 0.473. The van der Waals surface area contributed by atoms with Gasteiger partial charge in [-0.3, -0.25) is 0 Å². The highest BCUT2D eigenvalue weighted by atomic mass is 16.3. The summed E-state index contributed by atoms with van der Waals surface area (Å²) >= 11 is 0. The van der Waals surface area contributed by atoms with E-state index in [1.54, 1.807) is 6.07 Å². The first kappa shape index (κ1) is 13.7. The Morgan fingerprint density at radius 1 is 0.905 bits per heavy atom. The molecule has 0 aliphatic rings. The Balaban J connectivity index is 1.90. The van der Waals surface area contributed by atoms with Gasteiger partial charge in [-0.2, -0.15) is 0 Å². The predicted octanol–water partition coefficient (Wildman–Crippen LogP) is 4.05. The van der Waals surface area contributed by atoms with Crippen molar-refractivity contribution in [2.24, 2.45) is 0 Å². The van der Waals surface area contributed by atoms with E-state index in [0.717, 1.165) is 12.0 Å². The molecule has 3 aromatic rings. The second-order valence-electron chi connectivity index (χ2n) is 5.32. The molecular formula is C19H19NO. The van der Waals surface area contributed by atoms with E-state index < -0.39 is 0 Å². The Kier molecular flexibility index (Phi) is 3.89. The van der Waals surface area contributed by atoms with Gasteiger partial charge in [0.25, 0.3) is 0 Å². The molecule has 106 valence electrons. The summed E-state index contributed by atoms with van der Waals surface area (Å²) in [4.78, 5) is 0. The zero-order chi connectivity index (χ0) is 14.7. The maximum absolute atomic E-state index is 9.59. The van der Waals surface area contributed by atoms with Crippen molar-refractivity contribution in [3.8, 4) is 5.75 Å². The normalized spacial score (nSPS) is 12.4. The van der Waals surface area contributed by atoms with Crippen LogP contribution < -0.4 is 5.32 Å². The number of fused-ring (bicyclic) bond motifs is 1. The van der Waals surface area contributed by atoms with Gasteiger partial charge in [-0.1, -0.05) is 48.5 Å². The average molecular weight is 277 g/mol. The first-order valence-electron chi connectivity index (χ1n) is 7.20. The van der Waals surface area contributed by atoms with E-state index >= 15 is 0 Å². The van der Waals surface area contributed by atoms with E-state index in [1.807, 2.05) is 25.2 Å². The van der Waals surface area contributed by atoms with Gasteiger partial charge < -0.3 is 10.4 Å². The van der Waals surface area contributed by atoms with Gasteiger partial charge in [-0.05, 0) is 53.6 Å². The molecule has 0 aromatic heterocycles. The monoisotopic (exact) mass is 277 g/mol. The van der Waals surface area contributed by atoms with Gasteiger partial charge in [0, 0.05) is 6.04 Å². The second kappa shape index (κ2) is 5.98. The van der Waals surface area contributed by atoms with Gasteiger partial charge in [0.2, 0.25) is 0 Å². The third-order valence-corrected chi connectivity index (χ3v) is 3.87. The molecule has 0 heterocycles. The molecular weight excluding hydrogens is 258 g/mol. The predicted molar refractivity (Wildman–Crippen MR) is 87.6 cm³/mol. The van der Waals surface area contributed by atoms with Gasteiger partial charge in [0.1, 0.15) is 5.75 Å². The van der Waals surface area contributed by atoms with E-state index in [9.17, 15) is 5.11 Å². The number of aromatic hydroxyl groups is 1. The van der Waals surface area contributed by atoms with E-state index in [1.165, 1.54) is 16.3 Å². The third kappa shape index (κ3) is 3.06. The molecule has 3 aromatic carbocycles. The summed E-state index contributed by atoms with van der Waals surface area (Å²) in [7, 11) is 1.97. The molecule has 0 aliphatic heterocycles. The van der Waals surface area contributed by atoms with Crippen molar-refractivity contribution in [1.82, 2.24) is 5.32 Å². The molecule has 1 atom stereocenters. The molecule has 0 radical (unpaired) electrons. The SMILES string of the molecule is CNC(Cc1cccc(O)c1)c1ccc2ccccc2c1. The summed E-state index contributed by atoms with van der Waals surface area (Å²) in [5, 5.41) is 15.5. The molecule has 0 spiro atoms. The number of hydrogen-bond acceptors (Lipinski definition) is 2. The highest BCUT2D eigenvalue weighted by Gasteiger charge is 2.11. The highest BCUT2D eigenvalue weighted by Crippen LogP contribution is 2.24. The Morgan fingerprint density at radius 2 is 1.71 bits per heavy atom. The van der Waals surface area contributed by atoms with Crippen LogP contribution in [0.15, 0.2) is 66.7 Å². The minimum absolute atomic E-state index is 0.233. The van der Waals surface area contributed by atoms with Gasteiger partial charge in [0.05, 0.1) is 0 Å². The van der Waals surface area contributed by atoms with Crippen LogP contribution >= 0.6 is 0 Å². The summed E-state index contributed by atoms with van der Waals surface area (Å²) in [6.07, 6.45) is 0.850. The molecule has 2 N–H and O–H groups in total. The van der Waals surface area contributed by atoms with Gasteiger partial charge in [-0.25, -0.2) is 0 Å². The lowest BCUT2D eigenvalue weighted by atomic mass is 9.96. The van der Waals surface area contributed by atoms with Crippen LogP contribution in [0, 0.1) is 0 Å². The van der Waals surface area contributed by atoms with Crippen LogP contribution in [-0.2, 0) is 6.42 Å². The fraction of sp³-hybridized carbons (Fsp3) is 0.158. The van der Waals surface area contributed by atoms with Crippen molar-refractivity contribution in [1.29, 1.82) is 0 Å². The molecule has 2 nitrogen and oxygen atoms in total. The van der Waals surface area contributed by atoms with Gasteiger partial charge in [-0.15, -0.1) is 0 Å². The molecule has 1 unspecified atom stereocenters. The van der Waals surface area contributed by atoms with Gasteiger partial charge >= 0.3 is 0 Å². The highest BCUT2D eigenvalue weighted by molar-refractivity contribution is 5.83. The fourth-order valence-corrected chi connectivity index (χ4v) is 2.73. The molecule has 3 rings (SSSR count). The van der Waals surface area contributed by atoms with Crippen LogP contribution in [0.3, 0.4) is 0 Å². The maximum Gasteiger partial charge on any atom is 0.115 e. The minimum atomic E-state index is 0.233. The first-order chi connectivity index (χ1) is 10.3. The van der Waals surface area contributed by atoms with Crippen LogP contribution in [0.1, 0.15) is 17.2 Å². The zero-order valence-corrected chi connectivity index (χ0v) is 12.1. The van der Waals surface area contributed by atoms with E-state index in [-0.39, 0.29) is 6.04 Å². The van der Waals surface area contributed by atoms with Crippen molar-refractivity contribution < 1.29 is 5.11 Å². The first-order valence-corrected chi connectivity index (χ1v) is 7.20. The second-order valence-corrected chi connectivity index (χ2v) is 5.32. The van der Waals surface area contributed by atoms with E-state index in [4.69, 9.17) is 0 Å².